The highest BCUT2D eigenvalue weighted by atomic mass is 32.2. The second-order valence-electron chi connectivity index (χ2n) is 4.45. The van der Waals surface area contributed by atoms with Gasteiger partial charge in [-0.05, 0) is 32.2 Å². The number of piperidine rings is 1. The zero-order chi connectivity index (χ0) is 13.0. The molecule has 1 N–H and O–H groups in total. The first-order valence-corrected chi connectivity index (χ1v) is 7.36. The van der Waals surface area contributed by atoms with Gasteiger partial charge in [-0.2, -0.15) is 11.8 Å². The minimum absolute atomic E-state index is 0.0103. The van der Waals surface area contributed by atoms with Crippen LogP contribution in [0.15, 0.2) is 6.20 Å². The molecule has 0 spiro atoms. The molecule has 0 radical (unpaired) electrons. The smallest absolute Gasteiger partial charge is 0.358 e. The lowest BCUT2D eigenvalue weighted by atomic mass is 10.1. The number of carbonyl (C=O) groups is 1. The summed E-state index contributed by atoms with van der Waals surface area (Å²) in [4.78, 5) is 13.1. The molecule has 0 saturated carbocycles. The molecule has 0 amide bonds. The Hall–Kier alpha value is -1.08. The molecule has 0 bridgehead atoms. The van der Waals surface area contributed by atoms with E-state index in [-0.39, 0.29) is 5.69 Å². The maximum absolute atomic E-state index is 10.7. The fourth-order valence-electron chi connectivity index (χ4n) is 2.12. The first-order chi connectivity index (χ1) is 8.69. The average Bonchev–Trinajstić information content (AvgIpc) is 2.86. The van der Waals surface area contributed by atoms with Gasteiger partial charge in [0.1, 0.15) is 0 Å². The van der Waals surface area contributed by atoms with Crippen molar-refractivity contribution in [2.24, 2.45) is 0 Å². The van der Waals surface area contributed by atoms with Gasteiger partial charge in [0, 0.05) is 11.8 Å². The summed E-state index contributed by atoms with van der Waals surface area (Å²) >= 11 is 1.95. The molecule has 2 heterocycles. The van der Waals surface area contributed by atoms with Crippen LogP contribution in [0.5, 0.6) is 0 Å². The summed E-state index contributed by atoms with van der Waals surface area (Å²) in [5.41, 5.74) is 0.0103. The van der Waals surface area contributed by atoms with Crippen LogP contribution >= 0.6 is 11.8 Å². The van der Waals surface area contributed by atoms with Crippen molar-refractivity contribution in [1.29, 1.82) is 0 Å². The lowest BCUT2D eigenvalue weighted by Crippen LogP contribution is -2.36. The van der Waals surface area contributed by atoms with Crippen molar-refractivity contribution in [1.82, 2.24) is 19.9 Å². The lowest BCUT2D eigenvalue weighted by molar-refractivity contribution is 0.0690. The van der Waals surface area contributed by atoms with E-state index in [0.717, 1.165) is 24.9 Å². The Kier molecular flexibility index (Phi) is 4.60. The summed E-state index contributed by atoms with van der Waals surface area (Å²) in [7, 11) is 0. The first kappa shape index (κ1) is 13.4. The minimum atomic E-state index is -1.03. The van der Waals surface area contributed by atoms with E-state index in [9.17, 15) is 4.79 Å². The van der Waals surface area contributed by atoms with Crippen LogP contribution in [-0.2, 0) is 6.54 Å². The molecule has 1 aliphatic heterocycles. The molecule has 0 atom stereocenters. The molecule has 0 aromatic carbocycles. The normalized spacial score (nSPS) is 18.1. The fourth-order valence-corrected chi connectivity index (χ4v) is 2.80. The van der Waals surface area contributed by atoms with Crippen LogP contribution in [0.1, 0.15) is 23.3 Å². The van der Waals surface area contributed by atoms with E-state index in [1.165, 1.54) is 19.0 Å². The van der Waals surface area contributed by atoms with Crippen LogP contribution in [0.25, 0.3) is 0 Å². The molecular weight excluding hydrogens is 252 g/mol. The fraction of sp³-hybridized carbons (Fsp3) is 0.727. The quantitative estimate of drug-likeness (QED) is 0.853. The van der Waals surface area contributed by atoms with Gasteiger partial charge in [0.05, 0.1) is 12.7 Å². The number of carboxylic acid groups (broad SMARTS) is 1. The third-order valence-electron chi connectivity index (χ3n) is 3.27. The number of hydrogen-bond acceptors (Lipinski definition) is 5. The monoisotopic (exact) mass is 270 g/mol. The third-order valence-corrected chi connectivity index (χ3v) is 4.41. The van der Waals surface area contributed by atoms with E-state index in [0.29, 0.717) is 6.54 Å². The SMILES string of the molecule is CSC1CCN(CCn2cc(C(=O)O)nn2)CC1. The molecule has 0 aliphatic carbocycles. The number of carboxylic acids is 1. The Labute approximate surface area is 110 Å². The van der Waals surface area contributed by atoms with Crippen LogP contribution in [0.3, 0.4) is 0 Å². The number of likely N-dealkylation sites (tertiary alicyclic amines) is 1. The summed E-state index contributed by atoms with van der Waals surface area (Å²) in [6, 6.07) is 0. The van der Waals surface area contributed by atoms with Gasteiger partial charge in [-0.3, -0.25) is 4.68 Å². The molecule has 0 unspecified atom stereocenters. The maximum Gasteiger partial charge on any atom is 0.358 e. The first-order valence-electron chi connectivity index (χ1n) is 6.07. The maximum atomic E-state index is 10.7. The molecule has 1 fully saturated rings. The van der Waals surface area contributed by atoms with Crippen molar-refractivity contribution in [3.8, 4) is 0 Å². The molecule has 2 rings (SSSR count). The van der Waals surface area contributed by atoms with Gasteiger partial charge < -0.3 is 10.0 Å². The molecule has 1 aliphatic rings. The van der Waals surface area contributed by atoms with Crippen LogP contribution < -0.4 is 0 Å². The molecular formula is C11H18N4O2S. The Morgan fingerprint density at radius 1 is 1.50 bits per heavy atom. The highest BCUT2D eigenvalue weighted by molar-refractivity contribution is 7.99. The summed E-state index contributed by atoms with van der Waals surface area (Å²) in [5, 5.41) is 16.9. The molecule has 100 valence electrons. The largest absolute Gasteiger partial charge is 0.476 e. The van der Waals surface area contributed by atoms with Crippen molar-refractivity contribution in [3.05, 3.63) is 11.9 Å². The summed E-state index contributed by atoms with van der Waals surface area (Å²) in [5.74, 6) is -1.03. The Balaban J connectivity index is 1.76. The zero-order valence-corrected chi connectivity index (χ0v) is 11.3. The molecule has 1 aromatic heterocycles. The highest BCUT2D eigenvalue weighted by Crippen LogP contribution is 2.20. The van der Waals surface area contributed by atoms with Crippen molar-refractivity contribution in [2.75, 3.05) is 25.9 Å². The van der Waals surface area contributed by atoms with Crippen molar-refractivity contribution in [3.63, 3.8) is 0 Å². The predicted molar refractivity (Wildman–Crippen MR) is 70.0 cm³/mol. The molecule has 6 nitrogen and oxygen atoms in total. The Bertz CT molecular complexity index is 402. The summed E-state index contributed by atoms with van der Waals surface area (Å²) in [6.07, 6.45) is 6.12. The number of hydrogen-bond donors (Lipinski definition) is 1. The van der Waals surface area contributed by atoms with Gasteiger partial charge in [-0.25, -0.2) is 4.79 Å². The van der Waals surface area contributed by atoms with Crippen LogP contribution in [-0.4, -0.2) is 62.1 Å². The number of nitrogens with zero attached hydrogens (tertiary/aromatic N) is 4. The van der Waals surface area contributed by atoms with Crippen LogP contribution in [0.2, 0.25) is 0 Å². The van der Waals surface area contributed by atoms with E-state index < -0.39 is 5.97 Å². The number of aromatic carboxylic acids is 1. The number of aromatic nitrogens is 3. The lowest BCUT2D eigenvalue weighted by Gasteiger charge is -2.30. The van der Waals surface area contributed by atoms with E-state index in [4.69, 9.17) is 5.11 Å². The Morgan fingerprint density at radius 2 is 2.22 bits per heavy atom. The highest BCUT2D eigenvalue weighted by Gasteiger charge is 2.18. The standard InChI is InChI=1S/C11H18N4O2S/c1-18-9-2-4-14(5-3-9)6-7-15-8-10(11(16)17)12-13-15/h8-9H,2-7H2,1H3,(H,16,17). The van der Waals surface area contributed by atoms with Crippen molar-refractivity contribution in [2.45, 2.75) is 24.6 Å². The van der Waals surface area contributed by atoms with Gasteiger partial charge in [0.25, 0.3) is 0 Å². The van der Waals surface area contributed by atoms with Gasteiger partial charge in [-0.15, -0.1) is 5.10 Å². The third kappa shape index (κ3) is 3.46. The molecule has 1 saturated heterocycles. The second kappa shape index (κ2) is 6.19. The number of thioether (sulfide) groups is 1. The summed E-state index contributed by atoms with van der Waals surface area (Å²) in [6.45, 7) is 3.84. The zero-order valence-electron chi connectivity index (χ0n) is 10.4. The van der Waals surface area contributed by atoms with Crippen molar-refractivity contribution < 1.29 is 9.90 Å². The average molecular weight is 270 g/mol. The van der Waals surface area contributed by atoms with Crippen molar-refractivity contribution >= 4 is 17.7 Å². The van der Waals surface area contributed by atoms with E-state index in [1.54, 1.807) is 4.68 Å². The summed E-state index contributed by atoms with van der Waals surface area (Å²) < 4.78 is 1.60. The number of rotatable bonds is 5. The van der Waals surface area contributed by atoms with E-state index in [2.05, 4.69) is 21.5 Å². The second-order valence-corrected chi connectivity index (χ2v) is 5.59. The van der Waals surface area contributed by atoms with Crippen LogP contribution in [0.4, 0.5) is 0 Å². The van der Waals surface area contributed by atoms with Gasteiger partial charge >= 0.3 is 5.97 Å². The van der Waals surface area contributed by atoms with E-state index >= 15 is 0 Å². The van der Waals surface area contributed by atoms with Gasteiger partial charge in [0.2, 0.25) is 0 Å². The predicted octanol–water partition coefficient (Wildman–Crippen LogP) is 0.804. The minimum Gasteiger partial charge on any atom is -0.476 e. The van der Waals surface area contributed by atoms with Crippen LogP contribution in [0, 0.1) is 0 Å². The molecule has 7 heteroatoms. The van der Waals surface area contributed by atoms with E-state index in [1.807, 2.05) is 11.8 Å². The Morgan fingerprint density at radius 3 is 2.78 bits per heavy atom. The van der Waals surface area contributed by atoms with Gasteiger partial charge in [-0.1, -0.05) is 5.21 Å². The molecule has 1 aromatic rings. The molecule has 18 heavy (non-hydrogen) atoms. The topological polar surface area (TPSA) is 71.2 Å². The van der Waals surface area contributed by atoms with Gasteiger partial charge in [0.15, 0.2) is 5.69 Å².